The van der Waals surface area contributed by atoms with E-state index < -0.39 is 50.3 Å². The van der Waals surface area contributed by atoms with Crippen LogP contribution in [0.3, 0.4) is 0 Å². The van der Waals surface area contributed by atoms with E-state index in [4.69, 9.17) is 104 Å². The number of esters is 3. The molecule has 0 heterocycles. The lowest BCUT2D eigenvalue weighted by molar-refractivity contribution is -0.128. The van der Waals surface area contributed by atoms with E-state index in [1.807, 2.05) is 0 Å². The monoisotopic (exact) mass is 874 g/mol. The Hall–Kier alpha value is -2.93. The minimum Gasteiger partial charge on any atom is -0.434 e. The normalized spacial score (nSPS) is 12.0. The topological polar surface area (TPSA) is 114 Å². The largest absolute Gasteiger partial charge is 0.434 e. The van der Waals surface area contributed by atoms with Gasteiger partial charge in [-0.1, -0.05) is 130 Å². The zero-order chi connectivity index (χ0) is 38.4. The van der Waals surface area contributed by atoms with Gasteiger partial charge in [0.15, 0.2) is 5.75 Å². The molecule has 0 fully saturated rings. The first-order valence-electron chi connectivity index (χ1n) is 14.1. The molecule has 0 atom stereocenters. The van der Waals surface area contributed by atoms with E-state index in [0.717, 1.165) is 30.3 Å². The Labute approximate surface area is 329 Å². The van der Waals surface area contributed by atoms with Gasteiger partial charge in [-0.25, -0.2) is 14.4 Å². The molecule has 0 aliphatic rings. The summed E-state index contributed by atoms with van der Waals surface area (Å²) in [5.41, 5.74) is -5.13. The molecule has 4 aromatic carbocycles. The first-order valence-corrected chi connectivity index (χ1v) is 18.3. The summed E-state index contributed by atoms with van der Waals surface area (Å²) < 4.78 is 70.4. The van der Waals surface area contributed by atoms with Gasteiger partial charge in [0.1, 0.15) is 10.0 Å². The lowest BCUT2D eigenvalue weighted by Crippen LogP contribution is -2.21. The van der Waals surface area contributed by atoms with Crippen LogP contribution in [-0.4, -0.2) is 31.5 Å². The number of hydrogen-bond donors (Lipinski definition) is 0. The second-order valence-electron chi connectivity index (χ2n) is 10.1. The highest BCUT2D eigenvalue weighted by Crippen LogP contribution is 2.67. The molecular weight excluding hydrogens is 857 g/mol. The van der Waals surface area contributed by atoms with E-state index in [1.165, 1.54) is 55.5 Å². The number of alkyl halides is 2. The van der Waals surface area contributed by atoms with E-state index in [9.17, 15) is 18.9 Å². The van der Waals surface area contributed by atoms with Crippen molar-refractivity contribution in [3.8, 4) is 5.75 Å². The summed E-state index contributed by atoms with van der Waals surface area (Å²) in [6.07, 6.45) is 0.994. The third-order valence-electron chi connectivity index (χ3n) is 6.75. The maximum absolute atomic E-state index is 16.0. The van der Waals surface area contributed by atoms with Crippen molar-refractivity contribution in [1.82, 2.24) is 0 Å². The Bertz CT molecular complexity index is 2000. The quantitative estimate of drug-likeness (QED) is 0.0246. The lowest BCUT2D eigenvalue weighted by Gasteiger charge is -2.26. The van der Waals surface area contributed by atoms with Crippen LogP contribution < -0.4 is 4.74 Å². The molecule has 4 aromatic rings. The molecule has 0 aliphatic heterocycles. The van der Waals surface area contributed by atoms with Crippen LogP contribution in [0.25, 0.3) is 5.57 Å². The van der Waals surface area contributed by atoms with Crippen LogP contribution in [0.5, 0.6) is 5.75 Å². The summed E-state index contributed by atoms with van der Waals surface area (Å²) >= 11 is 42.1. The summed E-state index contributed by atoms with van der Waals surface area (Å²) in [5.74, 6) is -3.52. The third-order valence-corrected chi connectivity index (χ3v) is 11.5. The van der Waals surface area contributed by atoms with E-state index in [0.29, 0.717) is 0 Å². The molecule has 0 unspecified atom stereocenters. The van der Waals surface area contributed by atoms with Gasteiger partial charge in [-0.15, -0.1) is 0 Å². The molecule has 0 N–H and O–H groups in total. The van der Waals surface area contributed by atoms with E-state index in [1.54, 1.807) is 0 Å². The van der Waals surface area contributed by atoms with Gasteiger partial charge in [0, 0.05) is 11.6 Å². The average molecular weight is 878 g/mol. The molecule has 274 valence electrons. The van der Waals surface area contributed by atoms with Gasteiger partial charge in [0.05, 0.1) is 36.2 Å². The van der Waals surface area contributed by atoms with Crippen molar-refractivity contribution in [2.75, 3.05) is 13.6 Å². The van der Waals surface area contributed by atoms with Crippen molar-refractivity contribution in [1.29, 1.82) is 0 Å². The Kier molecular flexibility index (Phi) is 14.4. The van der Waals surface area contributed by atoms with Gasteiger partial charge in [-0.3, -0.25) is 13.6 Å². The van der Waals surface area contributed by atoms with E-state index in [2.05, 4.69) is 0 Å². The van der Waals surface area contributed by atoms with Crippen molar-refractivity contribution in [2.45, 2.75) is 12.6 Å². The van der Waals surface area contributed by atoms with Gasteiger partial charge in [0.2, 0.25) is 13.6 Å². The highest BCUT2D eigenvalue weighted by molar-refractivity contribution is 7.54. The lowest BCUT2D eigenvalue weighted by atomic mass is 10.1. The highest BCUT2D eigenvalue weighted by atomic mass is 35.5. The first kappa shape index (κ1) is 41.8. The Morgan fingerprint density at radius 1 is 0.673 bits per heavy atom. The van der Waals surface area contributed by atoms with Gasteiger partial charge in [-0.2, -0.15) is 8.78 Å². The summed E-state index contributed by atoms with van der Waals surface area (Å²) in [6, 6.07) is 15.5. The maximum atomic E-state index is 16.0. The fourth-order valence-corrected chi connectivity index (χ4v) is 6.93. The van der Waals surface area contributed by atoms with Crippen LogP contribution in [0.15, 0.2) is 78.9 Å². The number of benzene rings is 4. The van der Waals surface area contributed by atoms with Crippen LogP contribution in [0, 0.1) is 0 Å². The Morgan fingerprint density at radius 2 is 1.10 bits per heavy atom. The number of rotatable bonds is 13. The summed E-state index contributed by atoms with van der Waals surface area (Å²) in [7, 11) is -5.68. The van der Waals surface area contributed by atoms with Crippen LogP contribution in [0.2, 0.25) is 35.2 Å². The molecule has 4 rings (SSSR count). The molecule has 0 spiro atoms. The van der Waals surface area contributed by atoms with Gasteiger partial charge in [-0.05, 0) is 42.3 Å². The van der Waals surface area contributed by atoms with Crippen molar-refractivity contribution < 1.29 is 51.0 Å². The highest BCUT2D eigenvalue weighted by Gasteiger charge is 2.56. The number of carbonyl (C=O) groups is 3. The van der Waals surface area contributed by atoms with Crippen molar-refractivity contribution in [3.05, 3.63) is 136 Å². The zero-order valence-electron chi connectivity index (χ0n) is 25.9. The average Bonchev–Trinajstić information content (AvgIpc) is 3.12. The molecule has 0 saturated heterocycles. The first-order chi connectivity index (χ1) is 24.5. The molecule has 0 radical (unpaired) electrons. The second-order valence-corrected chi connectivity index (χ2v) is 14.9. The molecule has 0 amide bonds. The Balaban J connectivity index is 1.54. The van der Waals surface area contributed by atoms with Gasteiger partial charge < -0.3 is 14.2 Å². The molecule has 0 aliphatic carbocycles. The fourth-order valence-electron chi connectivity index (χ4n) is 4.06. The van der Waals surface area contributed by atoms with Gasteiger partial charge >= 0.3 is 31.2 Å². The predicted molar refractivity (Wildman–Crippen MR) is 194 cm³/mol. The maximum Gasteiger partial charge on any atom is 0.410 e. The minimum atomic E-state index is -5.68. The third kappa shape index (κ3) is 9.59. The standard InChI is InChI=1S/C33H20Cl7F2O9P/c1-17(14-24(43)51-30-28(39)26(37)25(36)27(38)29(30)40)18-10-12-19(13-11-18)33(41,42)52(46,49-15-47-31(44)20-6-2-4-8-22(20)34)50-16-48-32(45)21-7-3-5-9-23(21)35/h2-14H,15-16H2,1H3. The van der Waals surface area contributed by atoms with Crippen molar-refractivity contribution in [2.24, 2.45) is 0 Å². The second kappa shape index (κ2) is 17.9. The van der Waals surface area contributed by atoms with Crippen LogP contribution in [0.4, 0.5) is 8.78 Å². The van der Waals surface area contributed by atoms with Crippen molar-refractivity contribution in [3.63, 3.8) is 0 Å². The number of halogens is 9. The Morgan fingerprint density at radius 3 is 1.54 bits per heavy atom. The van der Waals surface area contributed by atoms with Crippen LogP contribution in [-0.2, 0) is 33.5 Å². The number of carbonyl (C=O) groups excluding carboxylic acids is 3. The molecule has 0 aromatic heterocycles. The predicted octanol–water partition coefficient (Wildman–Crippen LogP) is 12.2. The van der Waals surface area contributed by atoms with E-state index in [-0.39, 0.29) is 63.2 Å². The smallest absolute Gasteiger partial charge is 0.410 e. The number of hydrogen-bond acceptors (Lipinski definition) is 9. The number of ether oxygens (including phenoxy) is 3. The minimum absolute atomic E-state index is 0.00665. The zero-order valence-corrected chi connectivity index (χ0v) is 32.1. The molecular formula is C33H20Cl7F2O9P. The SMILES string of the molecule is CC(=CC(=O)Oc1c(Cl)c(Cl)c(Cl)c(Cl)c1Cl)c1ccc(C(F)(F)P(=O)(OCOC(=O)c2ccccc2Cl)OCOC(=O)c2ccccc2Cl)cc1. The molecule has 52 heavy (non-hydrogen) atoms. The van der Waals surface area contributed by atoms with Crippen molar-refractivity contribution >= 4 is 112 Å². The molecule has 19 heteroatoms. The molecule has 0 saturated carbocycles. The van der Waals surface area contributed by atoms with Crippen LogP contribution >= 0.6 is 88.8 Å². The number of allylic oxidation sites excluding steroid dienone is 1. The van der Waals surface area contributed by atoms with E-state index >= 15 is 8.78 Å². The summed E-state index contributed by atoms with van der Waals surface area (Å²) in [6.45, 7) is -1.11. The summed E-state index contributed by atoms with van der Waals surface area (Å²) in [5, 5.41) is -1.14. The molecule has 9 nitrogen and oxygen atoms in total. The fraction of sp³-hybridized carbons (Fsp3) is 0.121. The van der Waals surface area contributed by atoms with Gasteiger partial charge in [0.25, 0.3) is 0 Å². The summed E-state index contributed by atoms with van der Waals surface area (Å²) in [4.78, 5) is 37.6. The van der Waals surface area contributed by atoms with Crippen LogP contribution in [0.1, 0.15) is 38.8 Å². The molecule has 0 bridgehead atoms.